The molecule has 0 aromatic rings. The molecule has 13 N–H and O–H groups in total. The molecule has 5 aliphatic heterocycles. The fraction of sp³-hybridized carbons (Fsp3) is 0.929. The van der Waals surface area contributed by atoms with Crippen LogP contribution in [0.1, 0.15) is 120 Å². The second kappa shape index (κ2) is 25.4. The molecule has 9 aliphatic rings. The minimum absolute atomic E-state index is 0.0241. The van der Waals surface area contributed by atoms with Crippen molar-refractivity contribution < 1.29 is 126 Å². The molecule has 478 valence electrons. The van der Waals surface area contributed by atoms with Gasteiger partial charge in [-0.2, -0.15) is 8.42 Å². The van der Waals surface area contributed by atoms with Gasteiger partial charge in [-0.15, -0.1) is 0 Å². The molecule has 0 amide bonds. The highest BCUT2D eigenvalue weighted by atomic mass is 32.3. The van der Waals surface area contributed by atoms with Gasteiger partial charge in [0.1, 0.15) is 91.6 Å². The van der Waals surface area contributed by atoms with Crippen molar-refractivity contribution in [1.29, 1.82) is 0 Å². The monoisotopic (exact) mass is 1210 g/mol. The molecule has 26 nitrogen and oxygen atoms in total. The number of hydrogen-bond donors (Lipinski definition) is 13. The van der Waals surface area contributed by atoms with Gasteiger partial charge >= 0.3 is 10.4 Å². The maximum Gasteiger partial charge on any atom is 0.397 e. The highest BCUT2D eigenvalue weighted by molar-refractivity contribution is 7.80. The van der Waals surface area contributed by atoms with Crippen LogP contribution in [0.2, 0.25) is 0 Å². The normalized spacial score (nSPS) is 52.1. The third-order valence-corrected chi connectivity index (χ3v) is 20.8. The predicted octanol–water partition coefficient (Wildman–Crippen LogP) is -0.908. The lowest BCUT2D eigenvalue weighted by molar-refractivity contribution is -0.397. The highest BCUT2D eigenvalue weighted by Crippen LogP contribution is 2.67. The van der Waals surface area contributed by atoms with E-state index in [9.17, 15) is 74.2 Å². The minimum atomic E-state index is -4.85. The van der Waals surface area contributed by atoms with Crippen LogP contribution in [0.25, 0.3) is 0 Å². The lowest BCUT2D eigenvalue weighted by Crippen LogP contribution is -2.66. The summed E-state index contributed by atoms with van der Waals surface area (Å²) in [7, 11) is -4.85. The highest BCUT2D eigenvalue weighted by Gasteiger charge is 2.63. The van der Waals surface area contributed by atoms with Crippen molar-refractivity contribution in [3.05, 3.63) is 23.3 Å². The molecule has 4 aliphatic carbocycles. The van der Waals surface area contributed by atoms with E-state index < -0.39 is 194 Å². The van der Waals surface area contributed by atoms with Crippen LogP contribution in [0.5, 0.6) is 0 Å². The van der Waals surface area contributed by atoms with E-state index in [1.54, 1.807) is 0 Å². The van der Waals surface area contributed by atoms with Crippen molar-refractivity contribution in [2.24, 2.45) is 34.5 Å². The topological polar surface area (TPSA) is 399 Å². The zero-order chi connectivity index (χ0) is 60.7. The van der Waals surface area contributed by atoms with Crippen molar-refractivity contribution in [1.82, 2.24) is 0 Å². The standard InChI is InChI=1S/C56H92O26S/c1-22(2)11-10-16-56(9,68)34-13-12-29-28-20-32(31-19-27(82-83(69,70)71)14-17-54(31,7)30(28)15-18-55(29,34)8)77-51-45(67)46(38(60)26(6)75-51)79-52-47(80-49-43(65)40(62)35(57)23(3)73-49)39(61)33(21-72-52)78-53-48(42(64)37(59)25(5)76-53)81-50-44(66)41(63)36(58)24(4)74-50/h11,15,23-29,31-53,57-68H,10,12-14,16-21H2,1-9H3,(H,69,70,71). The third kappa shape index (κ3) is 13.1. The molecule has 0 spiro atoms. The van der Waals surface area contributed by atoms with Crippen molar-refractivity contribution in [2.75, 3.05) is 6.61 Å². The first-order chi connectivity index (χ1) is 38.8. The van der Waals surface area contributed by atoms with Crippen LogP contribution in [0.4, 0.5) is 0 Å². The molecule has 33 unspecified atom stereocenters. The summed E-state index contributed by atoms with van der Waals surface area (Å²) in [6.45, 7) is 15.5. The molecular weight excluding hydrogens is 1120 g/mol. The van der Waals surface area contributed by atoms with E-state index in [-0.39, 0.29) is 29.6 Å². The van der Waals surface area contributed by atoms with Crippen LogP contribution in [0.3, 0.4) is 0 Å². The summed E-state index contributed by atoms with van der Waals surface area (Å²) < 4.78 is 101. The van der Waals surface area contributed by atoms with Gasteiger partial charge in [0.2, 0.25) is 0 Å². The summed E-state index contributed by atoms with van der Waals surface area (Å²) in [5.41, 5.74) is 0.549. The van der Waals surface area contributed by atoms with E-state index >= 15 is 0 Å². The molecule has 0 radical (unpaired) electrons. The van der Waals surface area contributed by atoms with Crippen LogP contribution in [0.15, 0.2) is 23.3 Å². The van der Waals surface area contributed by atoms with Gasteiger partial charge < -0.3 is 109 Å². The fourth-order valence-electron chi connectivity index (χ4n) is 15.5. The van der Waals surface area contributed by atoms with Gasteiger partial charge in [0.05, 0.1) is 48.8 Å². The van der Waals surface area contributed by atoms with Crippen LogP contribution in [-0.4, -0.2) is 246 Å². The van der Waals surface area contributed by atoms with Gasteiger partial charge in [-0.3, -0.25) is 4.55 Å². The second-order valence-corrected chi connectivity index (χ2v) is 27.2. The van der Waals surface area contributed by atoms with Gasteiger partial charge in [-0.05, 0) is 141 Å². The molecule has 0 aromatic heterocycles. The lowest BCUT2D eigenvalue weighted by Gasteiger charge is -2.60. The summed E-state index contributed by atoms with van der Waals surface area (Å²) in [6, 6.07) is 0. The Labute approximate surface area is 484 Å². The van der Waals surface area contributed by atoms with Crippen LogP contribution in [0, 0.1) is 34.5 Å². The van der Waals surface area contributed by atoms with Gasteiger partial charge in [0.15, 0.2) is 31.5 Å². The first kappa shape index (κ1) is 65.9. The molecule has 0 bridgehead atoms. The average molecular weight is 1210 g/mol. The van der Waals surface area contributed by atoms with E-state index in [1.165, 1.54) is 38.8 Å². The summed E-state index contributed by atoms with van der Waals surface area (Å²) in [5, 5.41) is 135. The number of ether oxygens (including phenoxy) is 10. The van der Waals surface area contributed by atoms with E-state index in [0.29, 0.717) is 25.7 Å². The van der Waals surface area contributed by atoms with E-state index in [1.807, 2.05) is 20.8 Å². The van der Waals surface area contributed by atoms with Crippen LogP contribution >= 0.6 is 0 Å². The number of allylic oxidation sites excluding steroid dienone is 4. The summed E-state index contributed by atoms with van der Waals surface area (Å²) in [5.74, 6) is -0.423. The minimum Gasteiger partial charge on any atom is -0.390 e. The number of hydrogen-bond acceptors (Lipinski definition) is 25. The molecule has 8 fully saturated rings. The van der Waals surface area contributed by atoms with Crippen molar-refractivity contribution in [2.45, 2.75) is 285 Å². The molecule has 33 atom stereocenters. The molecule has 27 heteroatoms. The first-order valence-corrected chi connectivity index (χ1v) is 30.8. The summed E-state index contributed by atoms with van der Waals surface area (Å²) >= 11 is 0. The summed E-state index contributed by atoms with van der Waals surface area (Å²) in [6.07, 6.45) is -31.1. The molecule has 3 saturated carbocycles. The molecular formula is C56H92O26S. The maximum absolute atomic E-state index is 12.4. The quantitative estimate of drug-likeness (QED) is 0.0657. The van der Waals surface area contributed by atoms with Crippen molar-refractivity contribution >= 4 is 10.4 Å². The molecule has 83 heavy (non-hydrogen) atoms. The van der Waals surface area contributed by atoms with Crippen LogP contribution < -0.4 is 0 Å². The Morgan fingerprint density at radius 2 is 1.13 bits per heavy atom. The molecule has 5 saturated heterocycles. The number of rotatable bonds is 16. The van der Waals surface area contributed by atoms with Crippen molar-refractivity contribution in [3.8, 4) is 0 Å². The zero-order valence-corrected chi connectivity index (χ0v) is 49.4. The third-order valence-electron chi connectivity index (χ3n) is 20.3. The second-order valence-electron chi connectivity index (χ2n) is 26.2. The maximum atomic E-state index is 12.4. The molecule has 0 aromatic carbocycles. The number of fused-ring (bicyclic) bond motifs is 5. The Morgan fingerprint density at radius 3 is 1.71 bits per heavy atom. The first-order valence-electron chi connectivity index (χ1n) is 29.5. The fourth-order valence-corrected chi connectivity index (χ4v) is 16.0. The van der Waals surface area contributed by atoms with E-state index in [4.69, 9.17) is 51.6 Å². The average Bonchev–Trinajstić information content (AvgIpc) is 2.27. The Balaban J connectivity index is 0.978. The Hall–Kier alpha value is -1.53. The number of aliphatic hydroxyl groups is 12. The van der Waals surface area contributed by atoms with Gasteiger partial charge in [0, 0.05) is 0 Å². The Morgan fingerprint density at radius 1 is 0.614 bits per heavy atom. The van der Waals surface area contributed by atoms with Gasteiger partial charge in [-0.1, -0.05) is 37.1 Å². The predicted molar refractivity (Wildman–Crippen MR) is 284 cm³/mol. The SMILES string of the molecule is CC(C)=CCCC(C)(O)C1CCC2C3CC(OC4OC(C)C(O)C(OC5OCC(OC6OC(C)C(O)C(O)C6OC6OC(C)C(O)C(O)C6O)C(O)C5OC5OC(C)C(O)C(O)C5O)C4O)C4CC(OS(=O)(=O)O)CCC4(C)C3=CCC21C. The Bertz CT molecular complexity index is 2380. The van der Waals surface area contributed by atoms with Gasteiger partial charge in [0.25, 0.3) is 0 Å². The van der Waals surface area contributed by atoms with E-state index in [0.717, 1.165) is 25.7 Å². The molecule has 5 heterocycles. The van der Waals surface area contributed by atoms with E-state index in [2.05, 4.69) is 26.0 Å². The Kier molecular flexibility index (Phi) is 20.2. The van der Waals surface area contributed by atoms with Gasteiger partial charge in [-0.25, -0.2) is 4.18 Å². The summed E-state index contributed by atoms with van der Waals surface area (Å²) in [4.78, 5) is 0. The van der Waals surface area contributed by atoms with Crippen molar-refractivity contribution in [3.63, 3.8) is 0 Å². The number of aliphatic hydroxyl groups excluding tert-OH is 11. The lowest BCUT2D eigenvalue weighted by atomic mass is 9.47. The largest absolute Gasteiger partial charge is 0.397 e. The zero-order valence-electron chi connectivity index (χ0n) is 48.6. The van der Waals surface area contributed by atoms with Crippen LogP contribution in [-0.2, 0) is 62.0 Å². The molecule has 9 rings (SSSR count). The smallest absolute Gasteiger partial charge is 0.390 e.